The third kappa shape index (κ3) is 4.67. The van der Waals surface area contributed by atoms with E-state index in [0.717, 1.165) is 43.1 Å². The van der Waals surface area contributed by atoms with Crippen molar-refractivity contribution in [3.63, 3.8) is 0 Å². The summed E-state index contributed by atoms with van der Waals surface area (Å²) in [4.78, 5) is 26.1. The van der Waals surface area contributed by atoms with E-state index in [1.165, 1.54) is 0 Å². The Labute approximate surface area is 164 Å². The third-order valence-corrected chi connectivity index (χ3v) is 4.97. The first kappa shape index (κ1) is 19.4. The van der Waals surface area contributed by atoms with E-state index in [1.807, 2.05) is 32.9 Å². The minimum atomic E-state index is -0.372. The molecule has 1 aromatic heterocycles. The first-order valence-electron chi connectivity index (χ1n) is 8.96. The van der Waals surface area contributed by atoms with Crippen LogP contribution in [0.25, 0.3) is 0 Å². The molecule has 1 fully saturated rings. The van der Waals surface area contributed by atoms with Crippen molar-refractivity contribution >= 4 is 35.0 Å². The number of nitrogens with zero attached hydrogens (tertiary/aromatic N) is 4. The second-order valence-corrected chi connectivity index (χ2v) is 7.33. The van der Waals surface area contributed by atoms with Crippen LogP contribution < -0.4 is 15.5 Å². The van der Waals surface area contributed by atoms with Crippen LogP contribution in [0.3, 0.4) is 0 Å². The summed E-state index contributed by atoms with van der Waals surface area (Å²) >= 11 is 6.18. The predicted octanol–water partition coefficient (Wildman–Crippen LogP) is 3.45. The first-order chi connectivity index (χ1) is 12.8. The molecule has 27 heavy (non-hydrogen) atoms. The van der Waals surface area contributed by atoms with Gasteiger partial charge in [0.15, 0.2) is 0 Å². The van der Waals surface area contributed by atoms with Gasteiger partial charge in [-0.3, -0.25) is 0 Å². The van der Waals surface area contributed by atoms with Crippen LogP contribution in [-0.2, 0) is 0 Å². The van der Waals surface area contributed by atoms with Crippen molar-refractivity contribution in [3.05, 3.63) is 40.2 Å². The lowest BCUT2D eigenvalue weighted by Crippen LogP contribution is -2.45. The molecule has 0 unspecified atom stereocenters. The number of halogens is 1. The van der Waals surface area contributed by atoms with Gasteiger partial charge < -0.3 is 20.4 Å². The Morgan fingerprint density at radius 3 is 2.26 bits per heavy atom. The summed E-state index contributed by atoms with van der Waals surface area (Å²) in [5.74, 6) is 0.714. The number of rotatable bonds is 3. The lowest BCUT2D eigenvalue weighted by Gasteiger charge is -2.32. The Hall–Kier alpha value is -2.38. The lowest BCUT2D eigenvalue weighted by molar-refractivity contribution is 0.262. The molecule has 3 rings (SSSR count). The Morgan fingerprint density at radius 2 is 1.67 bits per heavy atom. The fourth-order valence-electron chi connectivity index (χ4n) is 3.02. The van der Waals surface area contributed by atoms with Crippen LogP contribution in [0.15, 0.2) is 18.2 Å². The topological polar surface area (TPSA) is 73.4 Å². The molecular weight excluding hydrogens is 364 g/mol. The van der Waals surface area contributed by atoms with Crippen molar-refractivity contribution in [3.8, 4) is 0 Å². The number of carbonyl (C=O) groups excluding carboxylic acids is 1. The number of benzene rings is 1. The maximum absolute atomic E-state index is 12.4. The molecule has 2 N–H and O–H groups in total. The van der Waals surface area contributed by atoms with E-state index in [2.05, 4.69) is 37.4 Å². The number of hydrogen-bond donors (Lipinski definition) is 2. The van der Waals surface area contributed by atoms with Crippen molar-refractivity contribution in [2.24, 2.45) is 0 Å². The number of piperazine rings is 1. The van der Waals surface area contributed by atoms with E-state index < -0.39 is 0 Å². The zero-order valence-electron chi connectivity index (χ0n) is 16.1. The van der Waals surface area contributed by atoms with Crippen LogP contribution in [0, 0.1) is 20.8 Å². The second-order valence-electron chi connectivity index (χ2n) is 6.92. The van der Waals surface area contributed by atoms with Gasteiger partial charge in [0.05, 0.1) is 27.8 Å². The average Bonchev–Trinajstić information content (AvgIpc) is 2.61. The fourth-order valence-corrected chi connectivity index (χ4v) is 3.30. The van der Waals surface area contributed by atoms with Crippen LogP contribution in [0.5, 0.6) is 0 Å². The molecule has 7 nitrogen and oxygen atoms in total. The summed E-state index contributed by atoms with van der Waals surface area (Å²) in [5.41, 5.74) is 3.69. The summed E-state index contributed by atoms with van der Waals surface area (Å²) < 4.78 is 0. The molecule has 0 spiro atoms. The maximum atomic E-state index is 12.4. The zero-order chi connectivity index (χ0) is 19.6. The van der Waals surface area contributed by atoms with Gasteiger partial charge in [-0.05, 0) is 45.5 Å². The SMILES string of the molecule is Cc1ccc(NC(=O)Nc2c(C)nc(N3CCN(C)CC3)nc2C)c(Cl)c1. The summed E-state index contributed by atoms with van der Waals surface area (Å²) in [6.07, 6.45) is 0. The molecule has 0 aliphatic carbocycles. The highest BCUT2D eigenvalue weighted by Crippen LogP contribution is 2.24. The largest absolute Gasteiger partial charge is 0.338 e. The van der Waals surface area contributed by atoms with Gasteiger partial charge in [-0.2, -0.15) is 0 Å². The highest BCUT2D eigenvalue weighted by atomic mass is 35.5. The molecule has 0 bridgehead atoms. The number of nitrogens with one attached hydrogen (secondary N) is 2. The summed E-state index contributed by atoms with van der Waals surface area (Å²) in [6, 6.07) is 5.11. The molecule has 8 heteroatoms. The monoisotopic (exact) mass is 388 g/mol. The quantitative estimate of drug-likeness (QED) is 0.842. The van der Waals surface area contributed by atoms with E-state index in [9.17, 15) is 4.79 Å². The standard InChI is InChI=1S/C19H25ClN6O/c1-12-5-6-16(15(20)11-12)23-19(27)24-17-13(2)21-18(22-14(17)3)26-9-7-25(4)8-10-26/h5-6,11H,7-10H2,1-4H3,(H2,23,24,27). The molecule has 1 aliphatic heterocycles. The minimum Gasteiger partial charge on any atom is -0.338 e. The molecule has 1 aromatic carbocycles. The van der Waals surface area contributed by atoms with Crippen LogP contribution in [0.4, 0.5) is 22.1 Å². The van der Waals surface area contributed by atoms with Crippen LogP contribution in [-0.4, -0.2) is 54.1 Å². The van der Waals surface area contributed by atoms with Gasteiger partial charge in [0, 0.05) is 26.2 Å². The highest BCUT2D eigenvalue weighted by molar-refractivity contribution is 6.33. The number of aryl methyl sites for hydroxylation is 3. The number of hydrogen-bond acceptors (Lipinski definition) is 5. The number of amides is 2. The second kappa shape index (κ2) is 8.10. The summed E-state index contributed by atoms with van der Waals surface area (Å²) in [7, 11) is 2.11. The van der Waals surface area contributed by atoms with E-state index in [0.29, 0.717) is 22.3 Å². The lowest BCUT2D eigenvalue weighted by atomic mass is 10.2. The van der Waals surface area contributed by atoms with E-state index in [-0.39, 0.29) is 6.03 Å². The van der Waals surface area contributed by atoms with Crippen LogP contribution in [0.2, 0.25) is 5.02 Å². The molecule has 2 amide bonds. The van der Waals surface area contributed by atoms with Gasteiger partial charge >= 0.3 is 6.03 Å². The fraction of sp³-hybridized carbons (Fsp3) is 0.421. The highest BCUT2D eigenvalue weighted by Gasteiger charge is 2.19. The summed E-state index contributed by atoms with van der Waals surface area (Å²) in [5, 5.41) is 6.12. The number of likely N-dealkylation sites (N-methyl/N-ethyl adjacent to an activating group) is 1. The molecule has 0 radical (unpaired) electrons. The molecule has 1 saturated heterocycles. The Kier molecular flexibility index (Phi) is 5.82. The van der Waals surface area contributed by atoms with Crippen molar-refractivity contribution in [2.45, 2.75) is 20.8 Å². The van der Waals surface area contributed by atoms with Crippen molar-refractivity contribution in [1.29, 1.82) is 0 Å². The van der Waals surface area contributed by atoms with Gasteiger partial charge in [-0.15, -0.1) is 0 Å². The van der Waals surface area contributed by atoms with Crippen molar-refractivity contribution < 1.29 is 4.79 Å². The number of urea groups is 1. The molecule has 0 atom stereocenters. The van der Waals surface area contributed by atoms with Gasteiger partial charge in [0.25, 0.3) is 0 Å². The van der Waals surface area contributed by atoms with Gasteiger partial charge in [-0.1, -0.05) is 17.7 Å². The van der Waals surface area contributed by atoms with Crippen molar-refractivity contribution in [2.75, 3.05) is 48.8 Å². The van der Waals surface area contributed by atoms with E-state index >= 15 is 0 Å². The number of aromatic nitrogens is 2. The smallest absolute Gasteiger partial charge is 0.323 e. The molecular formula is C19H25ClN6O. The average molecular weight is 389 g/mol. The van der Waals surface area contributed by atoms with Gasteiger partial charge in [0.1, 0.15) is 0 Å². The van der Waals surface area contributed by atoms with Crippen molar-refractivity contribution in [1.82, 2.24) is 14.9 Å². The number of anilines is 3. The van der Waals surface area contributed by atoms with E-state index in [1.54, 1.807) is 6.07 Å². The molecule has 2 heterocycles. The van der Waals surface area contributed by atoms with E-state index in [4.69, 9.17) is 11.6 Å². The minimum absolute atomic E-state index is 0.372. The van der Waals surface area contributed by atoms with Crippen LogP contribution in [0.1, 0.15) is 17.0 Å². The first-order valence-corrected chi connectivity index (χ1v) is 9.34. The van der Waals surface area contributed by atoms with Crippen LogP contribution >= 0.6 is 11.6 Å². The molecule has 144 valence electrons. The Balaban J connectivity index is 1.72. The van der Waals surface area contributed by atoms with Gasteiger partial charge in [0.2, 0.25) is 5.95 Å². The molecule has 1 aliphatic rings. The maximum Gasteiger partial charge on any atom is 0.323 e. The van der Waals surface area contributed by atoms with Gasteiger partial charge in [-0.25, -0.2) is 14.8 Å². The normalized spacial score (nSPS) is 14.9. The molecule has 0 saturated carbocycles. The predicted molar refractivity (Wildman–Crippen MR) is 110 cm³/mol. The Bertz CT molecular complexity index is 825. The zero-order valence-corrected chi connectivity index (χ0v) is 16.9. The summed E-state index contributed by atoms with van der Waals surface area (Å²) in [6.45, 7) is 9.47. The third-order valence-electron chi connectivity index (χ3n) is 4.66. The Morgan fingerprint density at radius 1 is 1.04 bits per heavy atom. The number of carbonyl (C=O) groups is 1. The molecule has 2 aromatic rings.